The van der Waals surface area contributed by atoms with E-state index in [4.69, 9.17) is 4.74 Å². The van der Waals surface area contributed by atoms with Crippen molar-refractivity contribution in [3.63, 3.8) is 0 Å². The van der Waals surface area contributed by atoms with E-state index in [0.29, 0.717) is 5.92 Å². The highest BCUT2D eigenvalue weighted by atomic mass is 35.5. The highest BCUT2D eigenvalue weighted by molar-refractivity contribution is 5.85. The summed E-state index contributed by atoms with van der Waals surface area (Å²) < 4.78 is 5.38. The van der Waals surface area contributed by atoms with Crippen LogP contribution in [0.4, 0.5) is 0 Å². The average Bonchev–Trinajstić information content (AvgIpc) is 3.01. The first-order chi connectivity index (χ1) is 11.1. The van der Waals surface area contributed by atoms with Crippen molar-refractivity contribution in [2.45, 2.75) is 38.0 Å². The first-order valence-electron chi connectivity index (χ1n) is 8.78. The molecule has 1 aliphatic carbocycles. The lowest BCUT2D eigenvalue weighted by atomic mass is 9.78. The fraction of sp³-hybridized carbons (Fsp3) is 0.632. The van der Waals surface area contributed by atoms with Crippen LogP contribution < -0.4 is 15.4 Å². The zero-order valence-corrected chi connectivity index (χ0v) is 15.5. The molecule has 1 amide bonds. The van der Waals surface area contributed by atoms with Gasteiger partial charge in [-0.15, -0.1) is 12.4 Å². The molecule has 0 spiro atoms. The maximum atomic E-state index is 12.5. The number of carbonyl (C=O) groups is 1. The Morgan fingerprint density at radius 3 is 2.67 bits per heavy atom. The first kappa shape index (κ1) is 19.1. The summed E-state index contributed by atoms with van der Waals surface area (Å²) in [5, 5.41) is 6.49. The Balaban J connectivity index is 0.00000208. The highest BCUT2D eigenvalue weighted by Gasteiger charge is 2.37. The van der Waals surface area contributed by atoms with Crippen molar-refractivity contribution in [3.05, 3.63) is 29.8 Å². The Kier molecular flexibility index (Phi) is 6.53. The number of benzene rings is 1. The molecule has 3 rings (SSSR count). The fourth-order valence-corrected chi connectivity index (χ4v) is 3.87. The van der Waals surface area contributed by atoms with Gasteiger partial charge in [-0.3, -0.25) is 4.79 Å². The van der Waals surface area contributed by atoms with Crippen molar-refractivity contribution in [1.29, 1.82) is 0 Å². The third-order valence-electron chi connectivity index (χ3n) is 5.78. The fourth-order valence-electron chi connectivity index (χ4n) is 3.87. The second-order valence-corrected chi connectivity index (χ2v) is 7.14. The molecular weight excluding hydrogens is 324 g/mol. The van der Waals surface area contributed by atoms with E-state index in [-0.39, 0.29) is 29.6 Å². The smallest absolute Gasteiger partial charge is 0.223 e. The molecule has 1 saturated heterocycles. The van der Waals surface area contributed by atoms with Gasteiger partial charge in [-0.05, 0) is 49.5 Å². The molecule has 134 valence electrons. The van der Waals surface area contributed by atoms with Crippen molar-refractivity contribution in [2.75, 3.05) is 26.7 Å². The van der Waals surface area contributed by atoms with Crippen LogP contribution >= 0.6 is 12.4 Å². The van der Waals surface area contributed by atoms with Crippen molar-refractivity contribution >= 4 is 18.3 Å². The zero-order valence-electron chi connectivity index (χ0n) is 14.6. The van der Waals surface area contributed by atoms with Gasteiger partial charge in [-0.1, -0.05) is 31.9 Å². The van der Waals surface area contributed by atoms with Gasteiger partial charge >= 0.3 is 0 Å². The largest absolute Gasteiger partial charge is 0.497 e. The maximum absolute atomic E-state index is 12.5. The summed E-state index contributed by atoms with van der Waals surface area (Å²) in [6.45, 7) is 4.72. The van der Waals surface area contributed by atoms with Gasteiger partial charge < -0.3 is 15.4 Å². The van der Waals surface area contributed by atoms with Crippen LogP contribution in [0.25, 0.3) is 0 Å². The van der Waals surface area contributed by atoms with Gasteiger partial charge in [-0.2, -0.15) is 0 Å². The summed E-state index contributed by atoms with van der Waals surface area (Å²) in [5.41, 5.74) is 1.37. The molecule has 2 aliphatic rings. The molecule has 1 atom stereocenters. The van der Waals surface area contributed by atoms with E-state index in [2.05, 4.69) is 28.8 Å². The standard InChI is InChI=1S/C19H28N2O2.ClH/c1-14(15-11-20-12-15)18(22)21-13-19(8-3-4-9-19)16-6-5-7-17(10-16)23-2;/h5-7,10,14-15,20H,3-4,8-9,11-13H2,1-2H3,(H,21,22);1H. The minimum Gasteiger partial charge on any atom is -0.497 e. The van der Waals surface area contributed by atoms with E-state index >= 15 is 0 Å². The van der Waals surface area contributed by atoms with E-state index in [9.17, 15) is 4.79 Å². The summed E-state index contributed by atoms with van der Waals surface area (Å²) in [6, 6.07) is 8.35. The number of carbonyl (C=O) groups excluding carboxylic acids is 1. The molecule has 24 heavy (non-hydrogen) atoms. The van der Waals surface area contributed by atoms with Crippen molar-refractivity contribution < 1.29 is 9.53 Å². The van der Waals surface area contributed by atoms with E-state index in [1.807, 2.05) is 13.0 Å². The zero-order chi connectivity index (χ0) is 16.3. The van der Waals surface area contributed by atoms with Gasteiger partial charge in [0.25, 0.3) is 0 Å². The minimum atomic E-state index is 0. The summed E-state index contributed by atoms with van der Waals surface area (Å²) in [5.74, 6) is 1.69. The van der Waals surface area contributed by atoms with E-state index in [1.54, 1.807) is 7.11 Å². The molecule has 1 saturated carbocycles. The Hall–Kier alpha value is -1.26. The summed E-state index contributed by atoms with van der Waals surface area (Å²) >= 11 is 0. The van der Waals surface area contributed by atoms with Gasteiger partial charge in [0.1, 0.15) is 5.75 Å². The van der Waals surface area contributed by atoms with Crippen molar-refractivity contribution in [1.82, 2.24) is 10.6 Å². The van der Waals surface area contributed by atoms with Crippen LogP contribution in [0.5, 0.6) is 5.75 Å². The van der Waals surface area contributed by atoms with Crippen LogP contribution in [0.15, 0.2) is 24.3 Å². The molecule has 5 heteroatoms. The lowest BCUT2D eigenvalue weighted by Gasteiger charge is -2.34. The molecule has 2 fully saturated rings. The highest BCUT2D eigenvalue weighted by Crippen LogP contribution is 2.41. The molecule has 1 aromatic rings. The number of hydrogen-bond donors (Lipinski definition) is 2. The number of hydrogen-bond acceptors (Lipinski definition) is 3. The molecule has 0 bridgehead atoms. The third kappa shape index (κ3) is 3.86. The Labute approximate surface area is 151 Å². The normalized spacial score (nSPS) is 20.6. The second kappa shape index (κ2) is 8.21. The van der Waals surface area contributed by atoms with Gasteiger partial charge in [-0.25, -0.2) is 0 Å². The Morgan fingerprint density at radius 2 is 2.08 bits per heavy atom. The van der Waals surface area contributed by atoms with Crippen LogP contribution in [0.2, 0.25) is 0 Å². The third-order valence-corrected chi connectivity index (χ3v) is 5.78. The van der Waals surface area contributed by atoms with Gasteiger partial charge in [0.2, 0.25) is 5.91 Å². The molecule has 2 N–H and O–H groups in total. The number of rotatable bonds is 6. The first-order valence-corrected chi connectivity index (χ1v) is 8.78. The molecule has 1 aliphatic heterocycles. The quantitative estimate of drug-likeness (QED) is 0.827. The van der Waals surface area contributed by atoms with Gasteiger partial charge in [0.15, 0.2) is 0 Å². The van der Waals surface area contributed by atoms with Gasteiger partial charge in [0, 0.05) is 17.9 Å². The number of amides is 1. The minimum absolute atomic E-state index is 0. The number of halogens is 1. The predicted molar refractivity (Wildman–Crippen MR) is 98.9 cm³/mol. The SMILES string of the molecule is COc1cccc(C2(CNC(=O)C(C)C3CNC3)CCCC2)c1.Cl. The molecule has 4 nitrogen and oxygen atoms in total. The summed E-state index contributed by atoms with van der Waals surface area (Å²) in [7, 11) is 1.70. The van der Waals surface area contributed by atoms with Crippen molar-refractivity contribution in [3.8, 4) is 5.75 Å². The number of ether oxygens (including phenoxy) is 1. The van der Waals surface area contributed by atoms with Crippen LogP contribution in [-0.2, 0) is 10.2 Å². The van der Waals surface area contributed by atoms with Crippen LogP contribution in [-0.4, -0.2) is 32.7 Å². The second-order valence-electron chi connectivity index (χ2n) is 7.14. The molecule has 1 aromatic carbocycles. The molecule has 1 heterocycles. The monoisotopic (exact) mass is 352 g/mol. The Bertz CT molecular complexity index is 554. The molecule has 1 unspecified atom stereocenters. The molecule has 0 radical (unpaired) electrons. The lowest BCUT2D eigenvalue weighted by Crippen LogP contribution is -2.51. The van der Waals surface area contributed by atoms with Crippen LogP contribution in [0.3, 0.4) is 0 Å². The number of methoxy groups -OCH3 is 1. The predicted octanol–water partition coefficient (Wildman–Crippen LogP) is 2.90. The van der Waals surface area contributed by atoms with Crippen molar-refractivity contribution in [2.24, 2.45) is 11.8 Å². The van der Waals surface area contributed by atoms with E-state index in [0.717, 1.165) is 38.2 Å². The molecule has 0 aromatic heterocycles. The lowest BCUT2D eigenvalue weighted by molar-refractivity contribution is -0.127. The average molecular weight is 353 g/mol. The number of nitrogens with one attached hydrogen (secondary N) is 2. The van der Waals surface area contributed by atoms with E-state index < -0.39 is 0 Å². The topological polar surface area (TPSA) is 50.4 Å². The summed E-state index contributed by atoms with van der Waals surface area (Å²) in [4.78, 5) is 12.5. The summed E-state index contributed by atoms with van der Waals surface area (Å²) in [6.07, 6.45) is 4.74. The Morgan fingerprint density at radius 1 is 1.38 bits per heavy atom. The van der Waals surface area contributed by atoms with Crippen LogP contribution in [0, 0.1) is 11.8 Å². The van der Waals surface area contributed by atoms with Crippen LogP contribution in [0.1, 0.15) is 38.2 Å². The van der Waals surface area contributed by atoms with Gasteiger partial charge in [0.05, 0.1) is 7.11 Å². The molecular formula is C19H29ClN2O2. The maximum Gasteiger partial charge on any atom is 0.223 e. The van der Waals surface area contributed by atoms with E-state index in [1.165, 1.54) is 18.4 Å².